The van der Waals surface area contributed by atoms with Crippen LogP contribution < -0.4 is 5.73 Å². The van der Waals surface area contributed by atoms with Crippen molar-refractivity contribution in [3.63, 3.8) is 0 Å². The predicted molar refractivity (Wildman–Crippen MR) is 93.4 cm³/mol. The van der Waals surface area contributed by atoms with Gasteiger partial charge in [0.15, 0.2) is 0 Å². The summed E-state index contributed by atoms with van der Waals surface area (Å²) in [5.41, 5.74) is 10.1. The second-order valence-electron chi connectivity index (χ2n) is 6.50. The fourth-order valence-corrected chi connectivity index (χ4v) is 3.53. The molecular weight excluding hydrogens is 284 g/mol. The molecule has 3 heteroatoms. The topological polar surface area (TPSA) is 46.3 Å². The molecule has 2 aromatic carbocycles. The highest BCUT2D eigenvalue weighted by Gasteiger charge is 2.34. The fourth-order valence-electron chi connectivity index (χ4n) is 3.53. The molecular formula is C20H24N2O. The van der Waals surface area contributed by atoms with Crippen LogP contribution in [0.2, 0.25) is 0 Å². The average Bonchev–Trinajstić information content (AvgIpc) is 2.96. The van der Waals surface area contributed by atoms with Crippen molar-refractivity contribution < 1.29 is 4.79 Å². The minimum absolute atomic E-state index is 0.122. The normalized spacial score (nSPS) is 20.7. The van der Waals surface area contributed by atoms with E-state index < -0.39 is 0 Å². The van der Waals surface area contributed by atoms with E-state index in [2.05, 4.69) is 38.1 Å². The Bertz CT molecular complexity index is 693. The number of carbonyl (C=O) groups excluding carboxylic acids is 1. The van der Waals surface area contributed by atoms with Crippen LogP contribution in [0.3, 0.4) is 0 Å². The minimum Gasteiger partial charge on any atom is -0.335 e. The molecule has 0 unspecified atom stereocenters. The SMILES string of the molecule is Cc1ccccc1[C@@H]1C[C@@H](C)N(C(=O)c2ccc(CN)cc2)C1. The average molecular weight is 308 g/mol. The molecule has 3 rings (SSSR count). The number of nitrogens with two attached hydrogens (primary N) is 1. The molecule has 2 N–H and O–H groups in total. The number of benzene rings is 2. The van der Waals surface area contributed by atoms with Gasteiger partial charge in [-0.1, -0.05) is 36.4 Å². The first-order valence-electron chi connectivity index (χ1n) is 8.25. The number of hydrogen-bond acceptors (Lipinski definition) is 2. The molecule has 0 bridgehead atoms. The second kappa shape index (κ2) is 6.55. The molecule has 1 fully saturated rings. The Kier molecular flexibility index (Phi) is 4.49. The standard InChI is InChI=1S/C20H24N2O/c1-14-5-3-4-6-19(14)18-11-15(2)22(13-18)20(23)17-9-7-16(12-21)8-10-17/h3-10,15,18H,11-13,21H2,1-2H3/t15-,18-/m1/s1. The third-order valence-corrected chi connectivity index (χ3v) is 4.90. The van der Waals surface area contributed by atoms with Crippen LogP contribution in [-0.2, 0) is 6.54 Å². The quantitative estimate of drug-likeness (QED) is 0.943. The van der Waals surface area contributed by atoms with Crippen molar-refractivity contribution in [3.8, 4) is 0 Å². The van der Waals surface area contributed by atoms with Gasteiger partial charge < -0.3 is 10.6 Å². The van der Waals surface area contributed by atoms with Gasteiger partial charge in [0.25, 0.3) is 5.91 Å². The molecule has 0 radical (unpaired) electrons. The van der Waals surface area contributed by atoms with Gasteiger partial charge in [0.05, 0.1) is 0 Å². The van der Waals surface area contributed by atoms with Gasteiger partial charge in [0.1, 0.15) is 0 Å². The summed E-state index contributed by atoms with van der Waals surface area (Å²) in [7, 11) is 0. The van der Waals surface area contributed by atoms with Crippen LogP contribution in [-0.4, -0.2) is 23.4 Å². The zero-order valence-electron chi connectivity index (χ0n) is 13.8. The van der Waals surface area contributed by atoms with E-state index >= 15 is 0 Å². The smallest absolute Gasteiger partial charge is 0.254 e. The van der Waals surface area contributed by atoms with Crippen LogP contribution >= 0.6 is 0 Å². The first kappa shape index (κ1) is 15.8. The van der Waals surface area contributed by atoms with E-state index in [0.29, 0.717) is 12.5 Å². The van der Waals surface area contributed by atoms with Gasteiger partial charge in [-0.25, -0.2) is 0 Å². The fraction of sp³-hybridized carbons (Fsp3) is 0.350. The molecule has 1 amide bonds. The summed E-state index contributed by atoms with van der Waals surface area (Å²) in [5, 5.41) is 0. The number of amides is 1. The van der Waals surface area contributed by atoms with Gasteiger partial charge in [0.2, 0.25) is 0 Å². The maximum absolute atomic E-state index is 12.8. The van der Waals surface area contributed by atoms with E-state index in [4.69, 9.17) is 5.73 Å². The highest BCUT2D eigenvalue weighted by atomic mass is 16.2. The number of likely N-dealkylation sites (tertiary alicyclic amines) is 1. The largest absolute Gasteiger partial charge is 0.335 e. The van der Waals surface area contributed by atoms with Crippen molar-refractivity contribution in [1.29, 1.82) is 0 Å². The molecule has 23 heavy (non-hydrogen) atoms. The van der Waals surface area contributed by atoms with Crippen molar-refractivity contribution in [2.75, 3.05) is 6.54 Å². The van der Waals surface area contributed by atoms with Crippen LogP contribution in [0, 0.1) is 6.92 Å². The van der Waals surface area contributed by atoms with E-state index in [1.807, 2.05) is 29.2 Å². The summed E-state index contributed by atoms with van der Waals surface area (Å²) in [4.78, 5) is 14.8. The van der Waals surface area contributed by atoms with E-state index in [-0.39, 0.29) is 11.9 Å². The van der Waals surface area contributed by atoms with Crippen molar-refractivity contribution in [2.24, 2.45) is 5.73 Å². The molecule has 1 saturated heterocycles. The molecule has 0 aromatic heterocycles. The van der Waals surface area contributed by atoms with Gasteiger partial charge in [-0.05, 0) is 49.1 Å². The highest BCUT2D eigenvalue weighted by Crippen LogP contribution is 2.34. The number of rotatable bonds is 3. The van der Waals surface area contributed by atoms with Crippen LogP contribution in [0.1, 0.15) is 46.3 Å². The summed E-state index contributed by atoms with van der Waals surface area (Å²) in [6, 6.07) is 16.4. The minimum atomic E-state index is 0.122. The third-order valence-electron chi connectivity index (χ3n) is 4.90. The third kappa shape index (κ3) is 3.15. The summed E-state index contributed by atoms with van der Waals surface area (Å²) < 4.78 is 0. The maximum Gasteiger partial charge on any atom is 0.254 e. The Morgan fingerprint density at radius 1 is 1.17 bits per heavy atom. The Labute approximate surface area is 138 Å². The van der Waals surface area contributed by atoms with Gasteiger partial charge in [-0.15, -0.1) is 0 Å². The zero-order valence-corrected chi connectivity index (χ0v) is 13.8. The van der Waals surface area contributed by atoms with Crippen molar-refractivity contribution >= 4 is 5.91 Å². The van der Waals surface area contributed by atoms with Gasteiger partial charge >= 0.3 is 0 Å². The molecule has 2 atom stereocenters. The lowest BCUT2D eigenvalue weighted by atomic mass is 9.93. The van der Waals surface area contributed by atoms with Crippen LogP contribution in [0.4, 0.5) is 0 Å². The molecule has 3 nitrogen and oxygen atoms in total. The molecule has 1 aliphatic rings. The lowest BCUT2D eigenvalue weighted by molar-refractivity contribution is 0.0746. The number of nitrogens with zero attached hydrogens (tertiary/aromatic N) is 1. The second-order valence-corrected chi connectivity index (χ2v) is 6.50. The zero-order chi connectivity index (χ0) is 16.4. The number of hydrogen-bond donors (Lipinski definition) is 1. The maximum atomic E-state index is 12.8. The summed E-state index contributed by atoms with van der Waals surface area (Å²) in [5.74, 6) is 0.552. The summed E-state index contributed by atoms with van der Waals surface area (Å²) in [6.07, 6.45) is 1.03. The first-order valence-corrected chi connectivity index (χ1v) is 8.25. The predicted octanol–water partition coefficient (Wildman–Crippen LogP) is 3.47. The van der Waals surface area contributed by atoms with Crippen molar-refractivity contribution in [3.05, 3.63) is 70.8 Å². The summed E-state index contributed by atoms with van der Waals surface area (Å²) >= 11 is 0. The number of carbonyl (C=O) groups is 1. The van der Waals surface area contributed by atoms with Crippen molar-refractivity contribution in [2.45, 2.75) is 38.8 Å². The van der Waals surface area contributed by atoms with E-state index in [1.54, 1.807) is 0 Å². The van der Waals surface area contributed by atoms with Gasteiger partial charge in [-0.3, -0.25) is 4.79 Å². The monoisotopic (exact) mass is 308 g/mol. The Hall–Kier alpha value is -2.13. The Morgan fingerprint density at radius 3 is 2.52 bits per heavy atom. The Balaban J connectivity index is 1.78. The highest BCUT2D eigenvalue weighted by molar-refractivity contribution is 5.94. The molecule has 120 valence electrons. The molecule has 0 aliphatic carbocycles. The molecule has 2 aromatic rings. The lowest BCUT2D eigenvalue weighted by Gasteiger charge is -2.22. The van der Waals surface area contributed by atoms with Crippen LogP contribution in [0.25, 0.3) is 0 Å². The van der Waals surface area contributed by atoms with E-state index in [0.717, 1.165) is 24.1 Å². The molecule has 1 aliphatic heterocycles. The lowest BCUT2D eigenvalue weighted by Crippen LogP contribution is -2.33. The first-order chi connectivity index (χ1) is 11.1. The van der Waals surface area contributed by atoms with Crippen molar-refractivity contribution in [1.82, 2.24) is 4.90 Å². The molecule has 1 heterocycles. The summed E-state index contributed by atoms with van der Waals surface area (Å²) in [6.45, 7) is 5.59. The van der Waals surface area contributed by atoms with Crippen LogP contribution in [0.5, 0.6) is 0 Å². The Morgan fingerprint density at radius 2 is 1.87 bits per heavy atom. The van der Waals surface area contributed by atoms with Gasteiger partial charge in [-0.2, -0.15) is 0 Å². The number of aryl methyl sites for hydroxylation is 1. The van der Waals surface area contributed by atoms with Gasteiger partial charge in [0, 0.05) is 30.6 Å². The molecule has 0 saturated carbocycles. The molecule has 0 spiro atoms. The van der Waals surface area contributed by atoms with Crippen LogP contribution in [0.15, 0.2) is 48.5 Å². The van der Waals surface area contributed by atoms with E-state index in [9.17, 15) is 4.79 Å². The van der Waals surface area contributed by atoms with E-state index in [1.165, 1.54) is 11.1 Å².